The topological polar surface area (TPSA) is 96.8 Å². The van der Waals surface area contributed by atoms with Crippen molar-refractivity contribution in [3.63, 3.8) is 0 Å². The number of hydrogen-bond acceptors (Lipinski definition) is 5. The minimum Gasteiger partial charge on any atom is -0.382 e. The summed E-state index contributed by atoms with van der Waals surface area (Å²) in [5, 5.41) is 11.2. The van der Waals surface area contributed by atoms with E-state index in [9.17, 15) is 31.9 Å². The van der Waals surface area contributed by atoms with Gasteiger partial charge in [-0.25, -0.2) is 18.7 Å². The maximum atomic E-state index is 14.6. The van der Waals surface area contributed by atoms with Crippen molar-refractivity contribution in [2.45, 2.75) is 62.3 Å². The number of aromatic nitrogens is 3. The Balaban J connectivity index is 1.35. The van der Waals surface area contributed by atoms with E-state index in [1.54, 1.807) is 34.9 Å². The summed E-state index contributed by atoms with van der Waals surface area (Å²) in [5.41, 5.74) is 5.71. The van der Waals surface area contributed by atoms with Crippen LogP contribution in [0.1, 0.15) is 61.0 Å². The van der Waals surface area contributed by atoms with Crippen molar-refractivity contribution in [1.29, 1.82) is 0 Å². The number of anilines is 1. The second kappa shape index (κ2) is 9.75. The summed E-state index contributed by atoms with van der Waals surface area (Å²) in [6, 6.07) is 10.0. The van der Waals surface area contributed by atoms with Gasteiger partial charge in [0.05, 0.1) is 11.6 Å². The molecule has 3 atom stereocenters. The first kappa shape index (κ1) is 28.1. The summed E-state index contributed by atoms with van der Waals surface area (Å²) in [5.74, 6) is -2.77. The molecule has 1 unspecified atom stereocenters. The zero-order chi connectivity index (χ0) is 30.0. The van der Waals surface area contributed by atoms with E-state index in [1.807, 2.05) is 0 Å². The third kappa shape index (κ3) is 4.67. The van der Waals surface area contributed by atoms with Crippen molar-refractivity contribution < 1.29 is 31.9 Å². The highest BCUT2D eigenvalue weighted by atomic mass is 19.4. The van der Waals surface area contributed by atoms with Crippen LogP contribution >= 0.6 is 0 Å². The second-order valence-electron chi connectivity index (χ2n) is 11.2. The smallest absolute Gasteiger partial charge is 0.382 e. The molecular formula is C30H28F5N5O2. The molecule has 4 heterocycles. The Bertz CT molecular complexity index is 1670. The highest BCUT2D eigenvalue weighted by Crippen LogP contribution is 2.43. The monoisotopic (exact) mass is 585 g/mol. The van der Waals surface area contributed by atoms with E-state index in [-0.39, 0.29) is 42.6 Å². The molecule has 6 rings (SSSR count). The maximum absolute atomic E-state index is 14.6. The first-order chi connectivity index (χ1) is 19.8. The number of amides is 1. The van der Waals surface area contributed by atoms with Gasteiger partial charge in [-0.05, 0) is 43.0 Å². The van der Waals surface area contributed by atoms with Crippen molar-refractivity contribution in [2.24, 2.45) is 0 Å². The van der Waals surface area contributed by atoms with Crippen molar-refractivity contribution >= 4 is 17.2 Å². The Morgan fingerprint density at radius 3 is 2.48 bits per heavy atom. The van der Waals surface area contributed by atoms with Crippen LogP contribution in [0.25, 0.3) is 16.8 Å². The molecule has 0 spiro atoms. The Hall–Kier alpha value is -4.06. The molecule has 2 saturated heterocycles. The van der Waals surface area contributed by atoms with Crippen LogP contribution in [0.3, 0.4) is 0 Å². The van der Waals surface area contributed by atoms with Crippen LogP contribution in [0, 0.1) is 0 Å². The molecule has 2 aliphatic heterocycles. The largest absolute Gasteiger partial charge is 0.416 e. The third-order valence-corrected chi connectivity index (χ3v) is 8.51. The number of aliphatic hydroxyl groups is 1. The number of carbonyl (C=O) groups excluding carboxylic acids is 1. The van der Waals surface area contributed by atoms with E-state index in [0.717, 1.165) is 12.1 Å². The Labute approximate surface area is 237 Å². The number of nitrogens with zero attached hydrogens (tertiary/aromatic N) is 4. The highest BCUT2D eigenvalue weighted by Gasteiger charge is 2.51. The fraction of sp³-hybridized carbons (Fsp3) is 0.367. The molecule has 2 aromatic carbocycles. The number of nitrogens with two attached hydrogens (primary N) is 1. The molecule has 0 aliphatic carbocycles. The van der Waals surface area contributed by atoms with Gasteiger partial charge in [0.15, 0.2) is 0 Å². The van der Waals surface area contributed by atoms with Crippen LogP contribution in [0.2, 0.25) is 0 Å². The minimum absolute atomic E-state index is 0.0849. The zero-order valence-electron chi connectivity index (χ0n) is 22.6. The van der Waals surface area contributed by atoms with Gasteiger partial charge in [-0.1, -0.05) is 36.4 Å². The van der Waals surface area contributed by atoms with Gasteiger partial charge in [0.25, 0.3) is 5.92 Å². The average Bonchev–Trinajstić information content (AvgIpc) is 3.36. The lowest BCUT2D eigenvalue weighted by Gasteiger charge is -2.45. The molecule has 42 heavy (non-hydrogen) atoms. The van der Waals surface area contributed by atoms with Crippen LogP contribution in [-0.4, -0.2) is 48.8 Å². The van der Waals surface area contributed by atoms with Gasteiger partial charge >= 0.3 is 6.18 Å². The van der Waals surface area contributed by atoms with E-state index in [0.29, 0.717) is 34.6 Å². The molecule has 0 saturated carbocycles. The first-order valence-corrected chi connectivity index (χ1v) is 13.6. The van der Waals surface area contributed by atoms with Gasteiger partial charge in [0.2, 0.25) is 5.91 Å². The van der Waals surface area contributed by atoms with Gasteiger partial charge in [-0.3, -0.25) is 9.20 Å². The molecule has 0 bridgehead atoms. The molecular weight excluding hydrogens is 557 g/mol. The first-order valence-electron chi connectivity index (χ1n) is 13.6. The van der Waals surface area contributed by atoms with Gasteiger partial charge in [0, 0.05) is 43.3 Å². The second-order valence-corrected chi connectivity index (χ2v) is 11.2. The van der Waals surface area contributed by atoms with Crippen molar-refractivity contribution in [3.8, 4) is 11.3 Å². The number of rotatable bonds is 4. The number of piperidine rings is 2. The molecule has 12 heteroatoms. The predicted molar refractivity (Wildman–Crippen MR) is 145 cm³/mol. The SMILES string of the molecule is CC(O)(c1ccc(-c2nc([C@H]3CC[C@@H]4N(C3)C(=O)CCC4(F)F)n3ccnc(N)c23)cc1)c1cccc(C(F)(F)F)c1. The summed E-state index contributed by atoms with van der Waals surface area (Å²) in [7, 11) is 0. The summed E-state index contributed by atoms with van der Waals surface area (Å²) >= 11 is 0. The normalized spacial score (nSPS) is 22.2. The summed E-state index contributed by atoms with van der Waals surface area (Å²) in [6.45, 7) is 1.53. The third-order valence-electron chi connectivity index (χ3n) is 8.51. The molecule has 0 radical (unpaired) electrons. The van der Waals surface area contributed by atoms with E-state index < -0.39 is 35.7 Å². The standard InChI is InChI=1S/C30H28F5N5O2/c1-28(42,20-3-2-4-21(15-20)30(33,34)35)19-8-5-17(6-9-19)24-25-26(36)37-13-14-39(25)27(38-24)18-7-10-22-29(31,32)12-11-23(41)40(22)16-18/h2-6,8-9,13-15,18,22,42H,7,10-12,16H2,1H3,(H2,36,37)/t18-,22-,28?/m0/s1. The predicted octanol–water partition coefficient (Wildman–Crippen LogP) is 5.76. The van der Waals surface area contributed by atoms with Gasteiger partial charge in [0.1, 0.15) is 28.5 Å². The van der Waals surface area contributed by atoms with E-state index in [2.05, 4.69) is 4.98 Å². The molecule has 2 aromatic heterocycles. The number of hydrogen-bond donors (Lipinski definition) is 2. The van der Waals surface area contributed by atoms with Crippen LogP contribution in [0.5, 0.6) is 0 Å². The molecule has 3 N–H and O–H groups in total. The molecule has 1 amide bonds. The van der Waals surface area contributed by atoms with Crippen molar-refractivity contribution in [3.05, 3.63) is 83.4 Å². The number of fused-ring (bicyclic) bond motifs is 2. The average molecular weight is 586 g/mol. The fourth-order valence-corrected chi connectivity index (χ4v) is 6.17. The fourth-order valence-electron chi connectivity index (χ4n) is 6.17. The summed E-state index contributed by atoms with van der Waals surface area (Å²) < 4.78 is 70.7. The van der Waals surface area contributed by atoms with Crippen LogP contribution < -0.4 is 5.73 Å². The minimum atomic E-state index is -4.55. The number of alkyl halides is 5. The number of halogens is 5. The maximum Gasteiger partial charge on any atom is 0.416 e. The van der Waals surface area contributed by atoms with Crippen LogP contribution in [0.4, 0.5) is 27.8 Å². The quantitative estimate of drug-likeness (QED) is 0.297. The van der Waals surface area contributed by atoms with E-state index >= 15 is 0 Å². The van der Waals surface area contributed by atoms with E-state index in [4.69, 9.17) is 10.7 Å². The number of imidazole rings is 1. The highest BCUT2D eigenvalue weighted by molar-refractivity contribution is 5.85. The van der Waals surface area contributed by atoms with Crippen molar-refractivity contribution in [1.82, 2.24) is 19.3 Å². The Kier molecular flexibility index (Phi) is 6.52. The van der Waals surface area contributed by atoms with Crippen molar-refractivity contribution in [2.75, 3.05) is 12.3 Å². The molecule has 220 valence electrons. The lowest BCUT2D eigenvalue weighted by atomic mass is 9.84. The molecule has 4 aromatic rings. The molecule has 7 nitrogen and oxygen atoms in total. The van der Waals surface area contributed by atoms with Gasteiger partial charge in [-0.15, -0.1) is 0 Å². The molecule has 2 fully saturated rings. The number of benzene rings is 2. The summed E-state index contributed by atoms with van der Waals surface area (Å²) in [4.78, 5) is 22.9. The number of nitrogen functional groups attached to an aromatic ring is 1. The lowest BCUT2D eigenvalue weighted by Crippen LogP contribution is -2.58. The zero-order valence-corrected chi connectivity index (χ0v) is 22.6. The van der Waals surface area contributed by atoms with Crippen LogP contribution in [-0.2, 0) is 16.6 Å². The number of carbonyl (C=O) groups is 1. The van der Waals surface area contributed by atoms with Gasteiger partial charge < -0.3 is 15.7 Å². The Morgan fingerprint density at radius 1 is 1.05 bits per heavy atom. The lowest BCUT2D eigenvalue weighted by molar-refractivity contribution is -0.166. The molecule has 2 aliphatic rings. The summed E-state index contributed by atoms with van der Waals surface area (Å²) in [6.07, 6.45) is -1.44. The Morgan fingerprint density at radius 2 is 1.76 bits per heavy atom. The van der Waals surface area contributed by atoms with Gasteiger partial charge in [-0.2, -0.15) is 13.2 Å². The van der Waals surface area contributed by atoms with E-state index in [1.165, 1.54) is 30.2 Å². The van der Waals surface area contributed by atoms with Crippen LogP contribution in [0.15, 0.2) is 60.9 Å².